The van der Waals surface area contributed by atoms with Gasteiger partial charge in [-0.15, -0.1) is 0 Å². The molecule has 4 aromatic rings. The molecule has 1 atom stereocenters. The van der Waals surface area contributed by atoms with Crippen molar-refractivity contribution in [3.63, 3.8) is 0 Å². The number of fused-ring (bicyclic) bond motifs is 1. The Hall–Kier alpha value is -3.86. The quantitative estimate of drug-likeness (QED) is 0.492. The van der Waals surface area contributed by atoms with Crippen LogP contribution in [-0.4, -0.2) is 21.4 Å². The molecule has 148 valence electrons. The summed E-state index contributed by atoms with van der Waals surface area (Å²) in [5.74, 6) is 1.60. The molecule has 0 saturated carbocycles. The maximum atomic E-state index is 5.58. The van der Waals surface area contributed by atoms with E-state index < -0.39 is 0 Å². The summed E-state index contributed by atoms with van der Waals surface area (Å²) in [6.07, 6.45) is 3.77. The average Bonchev–Trinajstić information content (AvgIpc) is 3.29. The number of hydrogen-bond acceptors (Lipinski definition) is 4. The zero-order valence-electron chi connectivity index (χ0n) is 16.7. The van der Waals surface area contributed by atoms with Crippen molar-refractivity contribution >= 4 is 11.6 Å². The number of nitrogens with zero attached hydrogens (tertiary/aromatic N) is 3. The zero-order valence-corrected chi connectivity index (χ0v) is 16.7. The van der Waals surface area contributed by atoms with Gasteiger partial charge in [-0.3, -0.25) is 0 Å². The Morgan fingerprint density at radius 3 is 2.30 bits per heavy atom. The highest BCUT2D eigenvalue weighted by molar-refractivity contribution is 5.78. The Morgan fingerprint density at radius 1 is 0.867 bits per heavy atom. The lowest BCUT2D eigenvalue weighted by Crippen LogP contribution is -2.20. The first kappa shape index (κ1) is 18.2. The van der Waals surface area contributed by atoms with Crippen molar-refractivity contribution in [2.45, 2.75) is 13.0 Å². The number of anilines is 1. The Morgan fingerprint density at radius 2 is 1.57 bits per heavy atom. The van der Waals surface area contributed by atoms with Gasteiger partial charge in [-0.05, 0) is 47.4 Å². The molecule has 0 radical (unpaired) electrons. The summed E-state index contributed by atoms with van der Waals surface area (Å²) in [6, 6.07) is 27.1. The molecule has 1 aromatic heterocycles. The maximum Gasteiger partial charge on any atom is 0.226 e. The summed E-state index contributed by atoms with van der Waals surface area (Å²) in [6.45, 7) is 2.64. The van der Waals surface area contributed by atoms with Crippen LogP contribution in [0.4, 0.5) is 5.95 Å². The van der Waals surface area contributed by atoms with E-state index in [-0.39, 0.29) is 6.04 Å². The lowest BCUT2D eigenvalue weighted by Gasteiger charge is -2.24. The number of rotatable bonds is 5. The predicted molar refractivity (Wildman–Crippen MR) is 119 cm³/mol. The molecule has 0 fully saturated rings. The summed E-state index contributed by atoms with van der Waals surface area (Å²) < 4.78 is 7.48. The van der Waals surface area contributed by atoms with Crippen molar-refractivity contribution in [2.75, 3.05) is 11.9 Å². The number of benzene rings is 3. The van der Waals surface area contributed by atoms with Crippen molar-refractivity contribution in [1.82, 2.24) is 14.8 Å². The van der Waals surface area contributed by atoms with Crippen LogP contribution >= 0.6 is 0 Å². The molecule has 0 aliphatic carbocycles. The van der Waals surface area contributed by atoms with Gasteiger partial charge in [-0.25, -0.2) is 4.68 Å². The third-order valence-corrected chi connectivity index (χ3v) is 5.24. The fourth-order valence-electron chi connectivity index (χ4n) is 3.74. The minimum Gasteiger partial charge on any atom is -0.494 e. The molecule has 5 heteroatoms. The smallest absolute Gasteiger partial charge is 0.226 e. The van der Waals surface area contributed by atoms with Crippen LogP contribution in [-0.2, 0) is 0 Å². The fraction of sp³-hybridized carbons (Fsp3) is 0.120. The second-order valence-electron chi connectivity index (χ2n) is 7.12. The normalized spacial score (nSPS) is 15.1. The number of allylic oxidation sites excluding steroid dienone is 1. The standard InChI is InChI=1S/C25H22N4O/c1-2-30-22-14-12-21(13-15-22)24-16-23(28-25-26-17-27-29(24)25)20-10-8-19(9-11-20)18-6-4-3-5-7-18/h3-17,24H,2H2,1H3,(H,26,27,28)/t24-/m1/s1. The highest BCUT2D eigenvalue weighted by Gasteiger charge is 2.23. The zero-order chi connectivity index (χ0) is 20.3. The number of aromatic nitrogens is 3. The van der Waals surface area contributed by atoms with E-state index in [2.05, 4.69) is 82.1 Å². The molecule has 1 N–H and O–H groups in total. The van der Waals surface area contributed by atoms with Crippen molar-refractivity contribution < 1.29 is 4.74 Å². The Balaban J connectivity index is 1.48. The molecule has 0 bridgehead atoms. The number of hydrogen-bond donors (Lipinski definition) is 1. The molecule has 1 aliphatic rings. The van der Waals surface area contributed by atoms with Crippen LogP contribution < -0.4 is 10.1 Å². The molecule has 1 aliphatic heterocycles. The molecule has 0 saturated heterocycles. The van der Waals surface area contributed by atoms with Gasteiger partial charge in [0.05, 0.1) is 6.61 Å². The molecule has 0 amide bonds. The first-order chi connectivity index (χ1) is 14.8. The molecule has 0 spiro atoms. The Kier molecular flexibility index (Phi) is 4.77. The number of nitrogens with one attached hydrogen (secondary N) is 1. The molecular weight excluding hydrogens is 372 g/mol. The SMILES string of the molecule is CCOc1ccc([C@H]2C=C(c3ccc(-c4ccccc4)cc3)Nc3ncnn32)cc1. The number of ether oxygens (including phenoxy) is 1. The molecule has 30 heavy (non-hydrogen) atoms. The van der Waals surface area contributed by atoms with E-state index in [1.165, 1.54) is 11.1 Å². The average molecular weight is 394 g/mol. The van der Waals surface area contributed by atoms with Crippen LogP contribution in [0, 0.1) is 0 Å². The van der Waals surface area contributed by atoms with Gasteiger partial charge in [0, 0.05) is 5.70 Å². The summed E-state index contributed by atoms with van der Waals surface area (Å²) in [5.41, 5.74) is 5.67. The minimum atomic E-state index is -0.0387. The van der Waals surface area contributed by atoms with Gasteiger partial charge in [-0.2, -0.15) is 10.1 Å². The maximum absolute atomic E-state index is 5.58. The van der Waals surface area contributed by atoms with Crippen molar-refractivity contribution in [2.24, 2.45) is 0 Å². The van der Waals surface area contributed by atoms with E-state index in [1.54, 1.807) is 6.33 Å². The second kappa shape index (κ2) is 7.87. The van der Waals surface area contributed by atoms with E-state index >= 15 is 0 Å². The van der Waals surface area contributed by atoms with E-state index in [1.807, 2.05) is 29.8 Å². The summed E-state index contributed by atoms with van der Waals surface area (Å²) >= 11 is 0. The molecule has 3 aromatic carbocycles. The van der Waals surface area contributed by atoms with Crippen LogP contribution in [0.2, 0.25) is 0 Å². The highest BCUT2D eigenvalue weighted by atomic mass is 16.5. The van der Waals surface area contributed by atoms with Gasteiger partial charge < -0.3 is 10.1 Å². The van der Waals surface area contributed by atoms with Crippen LogP contribution in [0.15, 0.2) is 91.3 Å². The third-order valence-electron chi connectivity index (χ3n) is 5.24. The lowest BCUT2D eigenvalue weighted by molar-refractivity contribution is 0.340. The van der Waals surface area contributed by atoms with Crippen LogP contribution in [0.3, 0.4) is 0 Å². The van der Waals surface area contributed by atoms with Gasteiger partial charge in [0.2, 0.25) is 5.95 Å². The molecule has 5 rings (SSSR count). The topological polar surface area (TPSA) is 52.0 Å². The Bertz CT molecular complexity index is 1160. The van der Waals surface area contributed by atoms with Gasteiger partial charge >= 0.3 is 0 Å². The molecular formula is C25H22N4O. The van der Waals surface area contributed by atoms with E-state index in [0.29, 0.717) is 6.61 Å². The summed E-state index contributed by atoms with van der Waals surface area (Å²) in [5, 5.41) is 7.83. The van der Waals surface area contributed by atoms with E-state index in [0.717, 1.165) is 28.5 Å². The minimum absolute atomic E-state index is 0.0387. The second-order valence-corrected chi connectivity index (χ2v) is 7.12. The van der Waals surface area contributed by atoms with E-state index in [9.17, 15) is 0 Å². The molecule has 5 nitrogen and oxygen atoms in total. The van der Waals surface area contributed by atoms with Gasteiger partial charge in [0.15, 0.2) is 0 Å². The predicted octanol–water partition coefficient (Wildman–Crippen LogP) is 5.40. The van der Waals surface area contributed by atoms with Crippen LogP contribution in [0.5, 0.6) is 5.75 Å². The Labute approximate surface area is 175 Å². The van der Waals surface area contributed by atoms with E-state index in [4.69, 9.17) is 4.74 Å². The molecule has 0 unspecified atom stereocenters. The largest absolute Gasteiger partial charge is 0.494 e. The van der Waals surface area contributed by atoms with Crippen molar-refractivity contribution in [3.05, 3.63) is 102 Å². The summed E-state index contributed by atoms with van der Waals surface area (Å²) in [4.78, 5) is 4.40. The van der Waals surface area contributed by atoms with Gasteiger partial charge in [-0.1, -0.05) is 66.7 Å². The van der Waals surface area contributed by atoms with Crippen LogP contribution in [0.1, 0.15) is 24.1 Å². The van der Waals surface area contributed by atoms with Crippen molar-refractivity contribution in [3.8, 4) is 16.9 Å². The molecule has 2 heterocycles. The first-order valence-electron chi connectivity index (χ1n) is 10.1. The first-order valence-corrected chi connectivity index (χ1v) is 10.1. The lowest BCUT2D eigenvalue weighted by atomic mass is 9.99. The van der Waals surface area contributed by atoms with Crippen molar-refractivity contribution in [1.29, 1.82) is 0 Å². The van der Waals surface area contributed by atoms with Gasteiger partial charge in [0.25, 0.3) is 0 Å². The summed E-state index contributed by atoms with van der Waals surface area (Å²) in [7, 11) is 0. The monoisotopic (exact) mass is 394 g/mol. The van der Waals surface area contributed by atoms with Crippen LogP contribution in [0.25, 0.3) is 16.8 Å². The fourth-order valence-corrected chi connectivity index (χ4v) is 3.74. The van der Waals surface area contributed by atoms with Gasteiger partial charge in [0.1, 0.15) is 18.1 Å². The third kappa shape index (κ3) is 3.46. The highest BCUT2D eigenvalue weighted by Crippen LogP contribution is 2.33.